The third-order valence-electron chi connectivity index (χ3n) is 3.53. The predicted octanol–water partition coefficient (Wildman–Crippen LogP) is 4.53. The molecule has 2 rings (SSSR count). The average molecular weight is 271 g/mol. The fourth-order valence-corrected chi connectivity index (χ4v) is 2.47. The van der Waals surface area contributed by atoms with Crippen LogP contribution in [0.3, 0.4) is 0 Å². The molecule has 106 valence electrons. The van der Waals surface area contributed by atoms with Gasteiger partial charge in [-0.25, -0.2) is 4.39 Å². The van der Waals surface area contributed by atoms with Gasteiger partial charge < -0.3 is 5.32 Å². The number of nitrogens with one attached hydrogen (secondary N) is 1. The summed E-state index contributed by atoms with van der Waals surface area (Å²) in [6, 6.07) is 13.5. The fourth-order valence-electron chi connectivity index (χ4n) is 2.47. The number of aryl methyl sites for hydroxylation is 2. The van der Waals surface area contributed by atoms with Gasteiger partial charge in [-0.05, 0) is 55.6 Å². The standard InChI is InChI=1S/C18H22FN/c1-4-10-20-18(15-7-5-6-13(2)11-15)17-12-16(19)9-8-14(17)3/h5-9,11-12,18,20H,4,10H2,1-3H3. The first-order valence-corrected chi connectivity index (χ1v) is 7.18. The predicted molar refractivity (Wildman–Crippen MR) is 82.5 cm³/mol. The highest BCUT2D eigenvalue weighted by Crippen LogP contribution is 2.26. The Morgan fingerprint density at radius 1 is 1.10 bits per heavy atom. The van der Waals surface area contributed by atoms with Crippen LogP contribution in [0.2, 0.25) is 0 Å². The molecule has 0 radical (unpaired) electrons. The van der Waals surface area contributed by atoms with E-state index in [1.54, 1.807) is 6.07 Å². The van der Waals surface area contributed by atoms with Gasteiger partial charge in [-0.15, -0.1) is 0 Å². The highest BCUT2D eigenvalue weighted by molar-refractivity contribution is 5.38. The van der Waals surface area contributed by atoms with Crippen molar-refractivity contribution >= 4 is 0 Å². The maximum absolute atomic E-state index is 13.6. The molecule has 2 aromatic rings. The highest BCUT2D eigenvalue weighted by atomic mass is 19.1. The summed E-state index contributed by atoms with van der Waals surface area (Å²) in [7, 11) is 0. The first kappa shape index (κ1) is 14.7. The first-order valence-electron chi connectivity index (χ1n) is 7.18. The van der Waals surface area contributed by atoms with Gasteiger partial charge >= 0.3 is 0 Å². The lowest BCUT2D eigenvalue weighted by molar-refractivity contribution is 0.583. The van der Waals surface area contributed by atoms with Crippen molar-refractivity contribution < 1.29 is 4.39 Å². The summed E-state index contributed by atoms with van der Waals surface area (Å²) >= 11 is 0. The first-order chi connectivity index (χ1) is 9.61. The van der Waals surface area contributed by atoms with Gasteiger partial charge in [0.05, 0.1) is 6.04 Å². The molecule has 0 fully saturated rings. The molecule has 0 aliphatic carbocycles. The summed E-state index contributed by atoms with van der Waals surface area (Å²) < 4.78 is 13.6. The van der Waals surface area contributed by atoms with E-state index in [0.29, 0.717) is 0 Å². The Hall–Kier alpha value is -1.67. The van der Waals surface area contributed by atoms with Crippen molar-refractivity contribution in [3.8, 4) is 0 Å². The summed E-state index contributed by atoms with van der Waals surface area (Å²) in [5.41, 5.74) is 4.54. The molecular weight excluding hydrogens is 249 g/mol. The Labute approximate surface area is 120 Å². The molecule has 0 saturated carbocycles. The number of benzene rings is 2. The van der Waals surface area contributed by atoms with Crippen molar-refractivity contribution in [2.45, 2.75) is 33.2 Å². The molecular formula is C18H22FN. The minimum Gasteiger partial charge on any atom is -0.306 e. The van der Waals surface area contributed by atoms with Gasteiger partial charge in [0.1, 0.15) is 5.82 Å². The zero-order valence-corrected chi connectivity index (χ0v) is 12.4. The molecule has 0 saturated heterocycles. The molecule has 0 bridgehead atoms. The van der Waals surface area contributed by atoms with Crippen LogP contribution in [0.15, 0.2) is 42.5 Å². The third kappa shape index (κ3) is 3.45. The van der Waals surface area contributed by atoms with Gasteiger partial charge in [0.2, 0.25) is 0 Å². The van der Waals surface area contributed by atoms with Crippen LogP contribution in [0.25, 0.3) is 0 Å². The maximum atomic E-state index is 13.6. The molecule has 0 spiro atoms. The lowest BCUT2D eigenvalue weighted by Crippen LogP contribution is -2.24. The quantitative estimate of drug-likeness (QED) is 0.842. The lowest BCUT2D eigenvalue weighted by atomic mass is 9.94. The van der Waals surface area contributed by atoms with E-state index in [9.17, 15) is 4.39 Å². The van der Waals surface area contributed by atoms with Gasteiger partial charge in [0, 0.05) is 0 Å². The van der Waals surface area contributed by atoms with Crippen molar-refractivity contribution in [3.05, 3.63) is 70.5 Å². The molecule has 1 N–H and O–H groups in total. The largest absolute Gasteiger partial charge is 0.306 e. The summed E-state index contributed by atoms with van der Waals surface area (Å²) in [4.78, 5) is 0. The molecule has 0 amide bonds. The van der Waals surface area contributed by atoms with E-state index in [1.807, 2.05) is 13.0 Å². The van der Waals surface area contributed by atoms with Crippen molar-refractivity contribution in [2.24, 2.45) is 0 Å². The molecule has 2 aromatic carbocycles. The summed E-state index contributed by atoms with van der Waals surface area (Å²) in [6.45, 7) is 7.16. The van der Waals surface area contributed by atoms with Gasteiger partial charge in [-0.1, -0.05) is 42.8 Å². The van der Waals surface area contributed by atoms with Crippen molar-refractivity contribution in [2.75, 3.05) is 6.54 Å². The van der Waals surface area contributed by atoms with Crippen molar-refractivity contribution in [3.63, 3.8) is 0 Å². The zero-order chi connectivity index (χ0) is 14.5. The van der Waals surface area contributed by atoms with Gasteiger partial charge in [-0.2, -0.15) is 0 Å². The Morgan fingerprint density at radius 2 is 1.90 bits per heavy atom. The summed E-state index contributed by atoms with van der Waals surface area (Å²) in [5, 5.41) is 3.53. The van der Waals surface area contributed by atoms with Gasteiger partial charge in [-0.3, -0.25) is 0 Å². The molecule has 0 aromatic heterocycles. The van der Waals surface area contributed by atoms with Crippen LogP contribution < -0.4 is 5.32 Å². The van der Waals surface area contributed by atoms with Crippen LogP contribution in [-0.2, 0) is 0 Å². The average Bonchev–Trinajstić information content (AvgIpc) is 2.43. The summed E-state index contributed by atoms with van der Waals surface area (Å²) in [5.74, 6) is -0.179. The molecule has 1 atom stereocenters. The maximum Gasteiger partial charge on any atom is 0.123 e. The smallest absolute Gasteiger partial charge is 0.123 e. The van der Waals surface area contributed by atoms with Gasteiger partial charge in [0.15, 0.2) is 0 Å². The zero-order valence-electron chi connectivity index (χ0n) is 12.4. The normalized spacial score (nSPS) is 12.4. The summed E-state index contributed by atoms with van der Waals surface area (Å²) in [6.07, 6.45) is 1.05. The van der Waals surface area contributed by atoms with Crippen molar-refractivity contribution in [1.29, 1.82) is 0 Å². The second-order valence-corrected chi connectivity index (χ2v) is 5.30. The van der Waals surface area contributed by atoms with Crippen LogP contribution in [0.4, 0.5) is 4.39 Å². The minimum absolute atomic E-state index is 0.0468. The van der Waals surface area contributed by atoms with Crippen molar-refractivity contribution in [1.82, 2.24) is 5.32 Å². The Bertz CT molecular complexity index is 577. The fraction of sp³-hybridized carbons (Fsp3) is 0.333. The second-order valence-electron chi connectivity index (χ2n) is 5.30. The molecule has 1 nitrogen and oxygen atoms in total. The number of halogens is 1. The lowest BCUT2D eigenvalue weighted by Gasteiger charge is -2.22. The topological polar surface area (TPSA) is 12.0 Å². The highest BCUT2D eigenvalue weighted by Gasteiger charge is 2.16. The minimum atomic E-state index is -0.179. The van der Waals surface area contributed by atoms with E-state index in [2.05, 4.69) is 43.4 Å². The SMILES string of the molecule is CCCNC(c1cccc(C)c1)c1cc(F)ccc1C. The number of hydrogen-bond donors (Lipinski definition) is 1. The van der Waals surface area contributed by atoms with E-state index in [-0.39, 0.29) is 11.9 Å². The van der Waals surface area contributed by atoms with E-state index in [4.69, 9.17) is 0 Å². The van der Waals surface area contributed by atoms with E-state index in [0.717, 1.165) is 24.1 Å². The monoisotopic (exact) mass is 271 g/mol. The van der Waals surface area contributed by atoms with Crippen LogP contribution in [0.5, 0.6) is 0 Å². The molecule has 0 heterocycles. The molecule has 1 unspecified atom stereocenters. The Balaban J connectivity index is 2.44. The van der Waals surface area contributed by atoms with Crippen LogP contribution in [0, 0.1) is 19.7 Å². The molecule has 0 aliphatic heterocycles. The van der Waals surface area contributed by atoms with Crippen LogP contribution in [-0.4, -0.2) is 6.54 Å². The molecule has 0 aliphatic rings. The molecule has 2 heteroatoms. The molecule has 20 heavy (non-hydrogen) atoms. The Morgan fingerprint density at radius 3 is 2.60 bits per heavy atom. The second kappa shape index (κ2) is 6.67. The number of rotatable bonds is 5. The Kier molecular flexibility index (Phi) is 4.91. The van der Waals surface area contributed by atoms with Gasteiger partial charge in [0.25, 0.3) is 0 Å². The van der Waals surface area contributed by atoms with E-state index >= 15 is 0 Å². The van der Waals surface area contributed by atoms with E-state index < -0.39 is 0 Å². The third-order valence-corrected chi connectivity index (χ3v) is 3.53. The van der Waals surface area contributed by atoms with Crippen LogP contribution in [0.1, 0.15) is 41.6 Å². The van der Waals surface area contributed by atoms with E-state index in [1.165, 1.54) is 17.2 Å². The number of hydrogen-bond acceptors (Lipinski definition) is 1. The van der Waals surface area contributed by atoms with Crippen LogP contribution >= 0.6 is 0 Å².